The number of carbonyl (C=O) groups excluding carboxylic acids is 1. The lowest BCUT2D eigenvalue weighted by molar-refractivity contribution is -0.141. The maximum absolute atomic E-state index is 12.0. The summed E-state index contributed by atoms with van der Waals surface area (Å²) in [5.41, 5.74) is 1.04. The summed E-state index contributed by atoms with van der Waals surface area (Å²) in [5, 5.41) is 22.9. The first-order chi connectivity index (χ1) is 13.0. The Morgan fingerprint density at radius 3 is 2.43 bits per heavy atom. The van der Waals surface area contributed by atoms with E-state index in [-0.39, 0.29) is 6.42 Å². The zero-order chi connectivity index (χ0) is 20.9. The van der Waals surface area contributed by atoms with E-state index < -0.39 is 29.3 Å². The Kier molecular flexibility index (Phi) is 6.67. The van der Waals surface area contributed by atoms with Gasteiger partial charge in [0.2, 0.25) is 0 Å². The quantitative estimate of drug-likeness (QED) is 0.688. The molecule has 0 aromatic heterocycles. The molecule has 0 radical (unpaired) electrons. The summed E-state index contributed by atoms with van der Waals surface area (Å²) in [7, 11) is 0. The van der Waals surface area contributed by atoms with Crippen molar-refractivity contribution in [2.24, 2.45) is 0 Å². The lowest BCUT2D eigenvalue weighted by Gasteiger charge is -2.33. The number of carbonyl (C=O) groups is 2. The van der Waals surface area contributed by atoms with E-state index in [0.717, 1.165) is 23.1 Å². The highest BCUT2D eigenvalue weighted by Crippen LogP contribution is 2.36. The summed E-state index contributed by atoms with van der Waals surface area (Å²) < 4.78 is 5.14. The van der Waals surface area contributed by atoms with Gasteiger partial charge in [-0.3, -0.25) is 0 Å². The number of hydrogen-bond acceptors (Lipinski definition) is 4. The van der Waals surface area contributed by atoms with Crippen LogP contribution in [-0.4, -0.2) is 39.5 Å². The molecule has 0 saturated carbocycles. The van der Waals surface area contributed by atoms with Gasteiger partial charge in [0.15, 0.2) is 0 Å². The Morgan fingerprint density at radius 2 is 1.89 bits per heavy atom. The van der Waals surface area contributed by atoms with Crippen LogP contribution >= 0.6 is 0 Å². The summed E-state index contributed by atoms with van der Waals surface area (Å²) >= 11 is 0. The molecule has 2 unspecified atom stereocenters. The maximum atomic E-state index is 12.0. The number of benzene rings is 1. The fraction of sp³-hybridized carbons (Fsp3) is 0.455. The van der Waals surface area contributed by atoms with Crippen LogP contribution in [0.25, 0.3) is 5.57 Å². The van der Waals surface area contributed by atoms with E-state index in [2.05, 4.69) is 5.32 Å². The van der Waals surface area contributed by atoms with E-state index in [1.54, 1.807) is 26.8 Å². The van der Waals surface area contributed by atoms with Gasteiger partial charge in [0.25, 0.3) is 0 Å². The molecule has 6 heteroatoms. The number of carboxylic acid groups (broad SMARTS) is 1. The van der Waals surface area contributed by atoms with Crippen molar-refractivity contribution in [2.75, 3.05) is 0 Å². The van der Waals surface area contributed by atoms with Crippen LogP contribution in [0.5, 0.6) is 0 Å². The molecule has 0 heterocycles. The topological polar surface area (TPSA) is 95.9 Å². The Bertz CT molecular complexity index is 776. The Labute approximate surface area is 165 Å². The monoisotopic (exact) mass is 387 g/mol. The second kappa shape index (κ2) is 8.61. The Hall–Kier alpha value is -2.60. The molecule has 0 spiro atoms. The van der Waals surface area contributed by atoms with Crippen LogP contribution in [0.3, 0.4) is 0 Å². The van der Waals surface area contributed by atoms with Gasteiger partial charge < -0.3 is 20.3 Å². The third kappa shape index (κ3) is 5.96. The molecule has 1 aromatic rings. The average molecular weight is 387 g/mol. The molecule has 0 bridgehead atoms. The third-order valence-electron chi connectivity index (χ3n) is 4.52. The molecular weight excluding hydrogens is 358 g/mol. The summed E-state index contributed by atoms with van der Waals surface area (Å²) in [6.07, 6.45) is 3.53. The largest absolute Gasteiger partial charge is 0.480 e. The first-order valence-electron chi connectivity index (χ1n) is 9.44. The average Bonchev–Trinajstić information content (AvgIpc) is 2.60. The normalized spacial score (nSPS) is 20.6. The van der Waals surface area contributed by atoms with Gasteiger partial charge in [0.05, 0.1) is 5.60 Å². The number of alkyl carbamates (subject to hydrolysis) is 1. The highest BCUT2D eigenvalue weighted by molar-refractivity contribution is 5.81. The summed E-state index contributed by atoms with van der Waals surface area (Å²) in [6.45, 7) is 7.10. The minimum Gasteiger partial charge on any atom is -0.480 e. The van der Waals surface area contributed by atoms with E-state index in [9.17, 15) is 19.8 Å². The predicted octanol–water partition coefficient (Wildman–Crippen LogP) is 3.91. The van der Waals surface area contributed by atoms with E-state index in [0.29, 0.717) is 6.42 Å². The highest BCUT2D eigenvalue weighted by Gasteiger charge is 2.36. The first-order valence-corrected chi connectivity index (χ1v) is 9.44. The second-order valence-corrected chi connectivity index (χ2v) is 8.09. The smallest absolute Gasteiger partial charge is 0.408 e. The third-order valence-corrected chi connectivity index (χ3v) is 4.52. The van der Waals surface area contributed by atoms with Gasteiger partial charge in [-0.25, -0.2) is 9.59 Å². The number of aliphatic hydroxyl groups is 1. The summed E-state index contributed by atoms with van der Waals surface area (Å²) in [4.78, 5) is 23.6. The van der Waals surface area contributed by atoms with Gasteiger partial charge >= 0.3 is 12.1 Å². The van der Waals surface area contributed by atoms with Crippen molar-refractivity contribution in [1.82, 2.24) is 5.32 Å². The molecule has 1 amide bonds. The van der Waals surface area contributed by atoms with Crippen molar-refractivity contribution in [2.45, 2.75) is 64.2 Å². The van der Waals surface area contributed by atoms with E-state index in [1.807, 2.05) is 43.3 Å². The molecule has 28 heavy (non-hydrogen) atoms. The Morgan fingerprint density at radius 1 is 1.25 bits per heavy atom. The zero-order valence-electron chi connectivity index (χ0n) is 16.9. The molecule has 1 aliphatic carbocycles. The fourth-order valence-electron chi connectivity index (χ4n) is 3.26. The number of nitrogens with one attached hydrogen (secondary N) is 1. The number of hydrogen-bond donors (Lipinski definition) is 3. The molecule has 152 valence electrons. The van der Waals surface area contributed by atoms with Gasteiger partial charge in [-0.15, -0.1) is 0 Å². The minimum absolute atomic E-state index is 0.149. The van der Waals surface area contributed by atoms with Gasteiger partial charge in [-0.2, -0.15) is 0 Å². The summed E-state index contributed by atoms with van der Waals surface area (Å²) in [6, 6.07) is 8.59. The van der Waals surface area contributed by atoms with Crippen LogP contribution < -0.4 is 5.32 Å². The van der Waals surface area contributed by atoms with Gasteiger partial charge in [0.1, 0.15) is 11.6 Å². The van der Waals surface area contributed by atoms with Crippen LogP contribution in [0.4, 0.5) is 4.79 Å². The van der Waals surface area contributed by atoms with E-state index in [4.69, 9.17) is 4.74 Å². The molecule has 1 aliphatic rings. The standard InChI is InChI=1S/C22H29NO5/c1-5-15-13-22(27,12-11-17(15)16-9-7-6-8-10-16)14-18(19(24)25)23-20(26)28-21(2,3)4/h6-12,18,27H,5,13-14H2,1-4H3,(H,23,26)(H,24,25). The van der Waals surface area contributed by atoms with Crippen molar-refractivity contribution < 1.29 is 24.5 Å². The SMILES string of the molecule is CCC1=C(c2ccccc2)C=CC(O)(CC(NC(=O)OC(C)(C)C)C(=O)O)C1. The number of rotatable bonds is 6. The highest BCUT2D eigenvalue weighted by atomic mass is 16.6. The Balaban J connectivity index is 2.16. The van der Waals surface area contributed by atoms with Crippen LogP contribution in [0, 0.1) is 0 Å². The van der Waals surface area contributed by atoms with Crippen LogP contribution in [0.15, 0.2) is 48.1 Å². The van der Waals surface area contributed by atoms with Crippen molar-refractivity contribution in [1.29, 1.82) is 0 Å². The maximum Gasteiger partial charge on any atom is 0.408 e. The minimum atomic E-state index is -1.36. The lowest BCUT2D eigenvalue weighted by atomic mass is 9.79. The number of amides is 1. The van der Waals surface area contributed by atoms with E-state index >= 15 is 0 Å². The molecule has 2 rings (SSSR count). The number of ether oxygens (including phenoxy) is 1. The van der Waals surface area contributed by atoms with Crippen LogP contribution in [0.2, 0.25) is 0 Å². The first kappa shape index (κ1) is 21.7. The molecule has 2 atom stereocenters. The van der Waals surface area contributed by atoms with Gasteiger partial charge in [0, 0.05) is 12.8 Å². The van der Waals surface area contributed by atoms with Gasteiger partial charge in [-0.05, 0) is 38.3 Å². The number of aliphatic carboxylic acids is 1. The van der Waals surface area contributed by atoms with Crippen LogP contribution in [-0.2, 0) is 9.53 Å². The molecule has 6 nitrogen and oxygen atoms in total. The lowest BCUT2D eigenvalue weighted by Crippen LogP contribution is -2.48. The van der Waals surface area contributed by atoms with Crippen molar-refractivity contribution in [3.63, 3.8) is 0 Å². The predicted molar refractivity (Wildman–Crippen MR) is 108 cm³/mol. The fourth-order valence-corrected chi connectivity index (χ4v) is 3.26. The molecule has 0 saturated heterocycles. The number of carboxylic acids is 1. The molecular formula is C22H29NO5. The van der Waals surface area contributed by atoms with E-state index in [1.165, 1.54) is 0 Å². The zero-order valence-corrected chi connectivity index (χ0v) is 16.9. The molecule has 0 aliphatic heterocycles. The van der Waals surface area contributed by atoms with Gasteiger partial charge in [-0.1, -0.05) is 55.0 Å². The van der Waals surface area contributed by atoms with Crippen molar-refractivity contribution in [3.05, 3.63) is 53.6 Å². The molecule has 3 N–H and O–H groups in total. The summed E-state index contributed by atoms with van der Waals surface area (Å²) in [5.74, 6) is -1.22. The van der Waals surface area contributed by atoms with Crippen molar-refractivity contribution >= 4 is 17.6 Å². The number of allylic oxidation sites excluding steroid dienone is 2. The van der Waals surface area contributed by atoms with Crippen molar-refractivity contribution in [3.8, 4) is 0 Å². The second-order valence-electron chi connectivity index (χ2n) is 8.09. The molecule has 0 fully saturated rings. The molecule has 1 aromatic carbocycles. The van der Waals surface area contributed by atoms with Crippen LogP contribution in [0.1, 0.15) is 52.5 Å².